The van der Waals surface area contributed by atoms with Crippen LogP contribution in [0.1, 0.15) is 21.5 Å². The summed E-state index contributed by atoms with van der Waals surface area (Å²) < 4.78 is 0. The topological polar surface area (TPSA) is 40.6 Å². The van der Waals surface area contributed by atoms with Crippen LogP contribution < -0.4 is 0 Å². The Bertz CT molecular complexity index is 511. The summed E-state index contributed by atoms with van der Waals surface area (Å²) in [7, 11) is 1.80. The molecule has 19 heavy (non-hydrogen) atoms. The van der Waals surface area contributed by atoms with E-state index in [1.165, 1.54) is 5.56 Å². The molecule has 0 aromatic heterocycles. The number of hydrogen-bond acceptors (Lipinski definition) is 3. The Morgan fingerprint density at radius 2 is 1.95 bits per heavy atom. The molecule has 4 nitrogen and oxygen atoms in total. The second-order valence-electron chi connectivity index (χ2n) is 5.25. The predicted molar refractivity (Wildman–Crippen MR) is 74.3 cm³/mol. The first-order chi connectivity index (χ1) is 8.97. The number of nitrogens with zero attached hydrogens (tertiary/aromatic N) is 2. The SMILES string of the molecule is Cc1ccc(C(=O)CN2CCN(C)C(=O)C2)cc1C. The molecular weight excluding hydrogens is 240 g/mol. The first kappa shape index (κ1) is 13.7. The second kappa shape index (κ2) is 5.53. The molecule has 0 N–H and O–H groups in total. The van der Waals surface area contributed by atoms with Gasteiger partial charge in [0.05, 0.1) is 13.1 Å². The zero-order valence-corrected chi connectivity index (χ0v) is 11.8. The molecule has 1 aromatic carbocycles. The lowest BCUT2D eigenvalue weighted by molar-refractivity contribution is -0.134. The van der Waals surface area contributed by atoms with Crippen molar-refractivity contribution >= 4 is 11.7 Å². The number of carbonyl (C=O) groups excluding carboxylic acids is 2. The molecule has 1 aliphatic heterocycles. The number of hydrogen-bond donors (Lipinski definition) is 0. The van der Waals surface area contributed by atoms with Gasteiger partial charge >= 0.3 is 0 Å². The lowest BCUT2D eigenvalue weighted by Crippen LogP contribution is -2.49. The molecule has 1 fully saturated rings. The van der Waals surface area contributed by atoms with Crippen molar-refractivity contribution in [3.05, 3.63) is 34.9 Å². The Labute approximate surface area is 114 Å². The Morgan fingerprint density at radius 3 is 2.58 bits per heavy atom. The molecule has 1 heterocycles. The average Bonchev–Trinajstić information content (AvgIpc) is 2.37. The van der Waals surface area contributed by atoms with Gasteiger partial charge in [-0.25, -0.2) is 0 Å². The van der Waals surface area contributed by atoms with Gasteiger partial charge in [0, 0.05) is 25.7 Å². The zero-order valence-electron chi connectivity index (χ0n) is 11.8. The third kappa shape index (κ3) is 3.20. The van der Waals surface area contributed by atoms with Gasteiger partial charge in [0.15, 0.2) is 5.78 Å². The molecule has 0 atom stereocenters. The van der Waals surface area contributed by atoms with Crippen molar-refractivity contribution in [1.29, 1.82) is 0 Å². The summed E-state index contributed by atoms with van der Waals surface area (Å²) in [6.07, 6.45) is 0. The van der Waals surface area contributed by atoms with Gasteiger partial charge in [0.25, 0.3) is 0 Å². The van der Waals surface area contributed by atoms with Crippen molar-refractivity contribution in [2.75, 3.05) is 33.2 Å². The number of aryl methyl sites for hydroxylation is 2. The Balaban J connectivity index is 2.01. The van der Waals surface area contributed by atoms with Crippen LogP contribution in [0.5, 0.6) is 0 Å². The summed E-state index contributed by atoms with van der Waals surface area (Å²) in [5, 5.41) is 0. The molecule has 1 aromatic rings. The van der Waals surface area contributed by atoms with Crippen LogP contribution in [0, 0.1) is 13.8 Å². The van der Waals surface area contributed by atoms with Crippen molar-refractivity contribution in [2.24, 2.45) is 0 Å². The lowest BCUT2D eigenvalue weighted by Gasteiger charge is -2.31. The Hall–Kier alpha value is -1.68. The summed E-state index contributed by atoms with van der Waals surface area (Å²) in [6.45, 7) is 6.15. The number of carbonyl (C=O) groups is 2. The molecule has 1 amide bonds. The van der Waals surface area contributed by atoms with Gasteiger partial charge < -0.3 is 4.90 Å². The largest absolute Gasteiger partial charge is 0.343 e. The minimum absolute atomic E-state index is 0.0825. The number of Topliss-reactive ketones (excluding diaryl/α,β-unsaturated/α-hetero) is 1. The third-order valence-electron chi connectivity index (χ3n) is 3.73. The molecule has 0 bridgehead atoms. The molecule has 0 radical (unpaired) electrons. The fourth-order valence-corrected chi connectivity index (χ4v) is 2.15. The number of piperazine rings is 1. The zero-order chi connectivity index (χ0) is 14.0. The number of likely N-dealkylation sites (N-methyl/N-ethyl adjacent to an activating group) is 1. The quantitative estimate of drug-likeness (QED) is 0.768. The van der Waals surface area contributed by atoms with Crippen LogP contribution in [-0.2, 0) is 4.79 Å². The van der Waals surface area contributed by atoms with Crippen LogP contribution in [0.25, 0.3) is 0 Å². The molecule has 2 rings (SSSR count). The molecule has 1 aliphatic rings. The van der Waals surface area contributed by atoms with Crippen LogP contribution in [0.4, 0.5) is 0 Å². The van der Waals surface area contributed by atoms with Crippen LogP contribution >= 0.6 is 0 Å². The van der Waals surface area contributed by atoms with Crippen molar-refractivity contribution in [3.63, 3.8) is 0 Å². The standard InChI is InChI=1S/C15H20N2O2/c1-11-4-5-13(8-12(11)2)14(18)9-17-7-6-16(3)15(19)10-17/h4-5,8H,6-7,9-10H2,1-3H3. The first-order valence-electron chi connectivity index (χ1n) is 6.54. The maximum atomic E-state index is 12.2. The highest BCUT2D eigenvalue weighted by Crippen LogP contribution is 2.11. The van der Waals surface area contributed by atoms with Gasteiger partial charge in [-0.1, -0.05) is 12.1 Å². The normalized spacial score (nSPS) is 16.8. The summed E-state index contributed by atoms with van der Waals surface area (Å²) >= 11 is 0. The molecular formula is C15H20N2O2. The Morgan fingerprint density at radius 1 is 1.21 bits per heavy atom. The van der Waals surface area contributed by atoms with Gasteiger partial charge in [0.1, 0.15) is 0 Å². The van der Waals surface area contributed by atoms with Gasteiger partial charge in [-0.3, -0.25) is 14.5 Å². The van der Waals surface area contributed by atoms with E-state index in [2.05, 4.69) is 0 Å². The van der Waals surface area contributed by atoms with E-state index >= 15 is 0 Å². The molecule has 0 aliphatic carbocycles. The highest BCUT2D eigenvalue weighted by molar-refractivity contribution is 5.98. The number of ketones is 1. The predicted octanol–water partition coefficient (Wildman–Crippen LogP) is 1.26. The van der Waals surface area contributed by atoms with E-state index in [9.17, 15) is 9.59 Å². The van der Waals surface area contributed by atoms with Crippen LogP contribution in [0.15, 0.2) is 18.2 Å². The van der Waals surface area contributed by atoms with Gasteiger partial charge in [-0.15, -0.1) is 0 Å². The lowest BCUT2D eigenvalue weighted by atomic mass is 10.0. The number of amides is 1. The summed E-state index contributed by atoms with van der Waals surface area (Å²) in [5.41, 5.74) is 3.04. The monoisotopic (exact) mass is 260 g/mol. The summed E-state index contributed by atoms with van der Waals surface area (Å²) in [4.78, 5) is 27.4. The van der Waals surface area contributed by atoms with Gasteiger partial charge in [-0.2, -0.15) is 0 Å². The minimum atomic E-state index is 0.0825. The molecule has 0 spiro atoms. The van der Waals surface area contributed by atoms with E-state index in [1.807, 2.05) is 36.9 Å². The van der Waals surface area contributed by atoms with Crippen molar-refractivity contribution in [2.45, 2.75) is 13.8 Å². The maximum absolute atomic E-state index is 12.2. The summed E-state index contributed by atoms with van der Waals surface area (Å²) in [5.74, 6) is 0.166. The van der Waals surface area contributed by atoms with Crippen LogP contribution in [0.3, 0.4) is 0 Å². The van der Waals surface area contributed by atoms with Crippen molar-refractivity contribution in [3.8, 4) is 0 Å². The van der Waals surface area contributed by atoms with Crippen LogP contribution in [0.2, 0.25) is 0 Å². The third-order valence-corrected chi connectivity index (χ3v) is 3.73. The van der Waals surface area contributed by atoms with Crippen molar-refractivity contribution in [1.82, 2.24) is 9.80 Å². The average molecular weight is 260 g/mol. The fraction of sp³-hybridized carbons (Fsp3) is 0.467. The maximum Gasteiger partial charge on any atom is 0.236 e. The van der Waals surface area contributed by atoms with Crippen molar-refractivity contribution < 1.29 is 9.59 Å². The van der Waals surface area contributed by atoms with E-state index in [4.69, 9.17) is 0 Å². The highest BCUT2D eigenvalue weighted by atomic mass is 16.2. The Kier molecular flexibility index (Phi) is 4.00. The molecule has 0 unspecified atom stereocenters. The second-order valence-corrected chi connectivity index (χ2v) is 5.25. The molecule has 102 valence electrons. The van der Waals surface area contributed by atoms with E-state index < -0.39 is 0 Å². The molecule has 4 heteroatoms. The fourth-order valence-electron chi connectivity index (χ4n) is 2.15. The van der Waals surface area contributed by atoms with E-state index in [0.717, 1.165) is 17.7 Å². The van der Waals surface area contributed by atoms with E-state index in [0.29, 0.717) is 19.6 Å². The smallest absolute Gasteiger partial charge is 0.236 e. The minimum Gasteiger partial charge on any atom is -0.343 e. The van der Waals surface area contributed by atoms with Crippen LogP contribution in [-0.4, -0.2) is 54.7 Å². The molecule has 1 saturated heterocycles. The van der Waals surface area contributed by atoms with E-state index in [-0.39, 0.29) is 11.7 Å². The number of rotatable bonds is 3. The van der Waals surface area contributed by atoms with Gasteiger partial charge in [-0.05, 0) is 31.0 Å². The summed E-state index contributed by atoms with van der Waals surface area (Å²) in [6, 6.07) is 5.76. The first-order valence-corrected chi connectivity index (χ1v) is 6.54. The highest BCUT2D eigenvalue weighted by Gasteiger charge is 2.22. The van der Waals surface area contributed by atoms with Gasteiger partial charge in [0.2, 0.25) is 5.91 Å². The molecule has 0 saturated carbocycles. The number of benzene rings is 1. The van der Waals surface area contributed by atoms with E-state index in [1.54, 1.807) is 11.9 Å².